The van der Waals surface area contributed by atoms with Crippen LogP contribution in [0.15, 0.2) is 12.1 Å². The standard InChI is InChI=1S/C11H13FO4/c1-6(12)7-4-8(11(13)14)10(16-3)5-9(7)15-2/h4-6H,1-3H3,(H,13,14). The Hall–Kier alpha value is -1.78. The van der Waals surface area contributed by atoms with Crippen LogP contribution in [0.5, 0.6) is 11.5 Å². The summed E-state index contributed by atoms with van der Waals surface area (Å²) in [5, 5.41) is 8.92. The molecule has 88 valence electrons. The minimum Gasteiger partial charge on any atom is -0.496 e. The van der Waals surface area contributed by atoms with Gasteiger partial charge in [0, 0.05) is 11.6 Å². The molecule has 0 amide bonds. The van der Waals surface area contributed by atoms with Crippen molar-refractivity contribution >= 4 is 5.97 Å². The summed E-state index contributed by atoms with van der Waals surface area (Å²) in [6.45, 7) is 1.32. The monoisotopic (exact) mass is 228 g/mol. The van der Waals surface area contributed by atoms with Crippen LogP contribution in [0.1, 0.15) is 29.0 Å². The molecule has 0 saturated heterocycles. The van der Waals surface area contributed by atoms with Crippen molar-refractivity contribution in [3.63, 3.8) is 0 Å². The number of alkyl halides is 1. The van der Waals surface area contributed by atoms with Crippen molar-refractivity contribution in [1.29, 1.82) is 0 Å². The quantitative estimate of drug-likeness (QED) is 0.859. The molecule has 1 rings (SSSR count). The minimum absolute atomic E-state index is 0.0807. The molecule has 0 aromatic heterocycles. The number of benzene rings is 1. The number of hydrogen-bond acceptors (Lipinski definition) is 3. The first-order chi connectivity index (χ1) is 7.51. The molecule has 1 atom stereocenters. The van der Waals surface area contributed by atoms with Gasteiger partial charge >= 0.3 is 5.97 Å². The third-order valence-electron chi connectivity index (χ3n) is 2.21. The minimum atomic E-state index is -1.31. The van der Waals surface area contributed by atoms with Gasteiger partial charge in [0.05, 0.1) is 14.2 Å². The number of hydrogen-bond donors (Lipinski definition) is 1. The first-order valence-electron chi connectivity index (χ1n) is 4.64. The van der Waals surface area contributed by atoms with Gasteiger partial charge in [-0.05, 0) is 13.0 Å². The highest BCUT2D eigenvalue weighted by molar-refractivity contribution is 5.91. The second kappa shape index (κ2) is 4.83. The molecule has 1 aromatic carbocycles. The fourth-order valence-electron chi connectivity index (χ4n) is 1.40. The molecule has 0 saturated carbocycles. The van der Waals surface area contributed by atoms with Crippen LogP contribution in [0.25, 0.3) is 0 Å². The summed E-state index contributed by atoms with van der Waals surface area (Å²) in [5.74, 6) is -0.744. The second-order valence-electron chi connectivity index (χ2n) is 3.22. The molecule has 0 spiro atoms. The summed E-state index contributed by atoms with van der Waals surface area (Å²) < 4.78 is 23.1. The van der Waals surface area contributed by atoms with E-state index in [-0.39, 0.29) is 22.6 Å². The van der Waals surface area contributed by atoms with Crippen LogP contribution < -0.4 is 9.47 Å². The van der Waals surface area contributed by atoms with E-state index >= 15 is 0 Å². The van der Waals surface area contributed by atoms with E-state index < -0.39 is 12.1 Å². The number of carbonyl (C=O) groups is 1. The van der Waals surface area contributed by atoms with Gasteiger partial charge in [0.15, 0.2) is 0 Å². The zero-order chi connectivity index (χ0) is 12.3. The first-order valence-corrected chi connectivity index (χ1v) is 4.64. The number of rotatable bonds is 4. The normalized spacial score (nSPS) is 12.0. The Kier molecular flexibility index (Phi) is 3.71. The van der Waals surface area contributed by atoms with Gasteiger partial charge in [-0.3, -0.25) is 0 Å². The lowest BCUT2D eigenvalue weighted by molar-refractivity contribution is 0.0693. The van der Waals surface area contributed by atoms with Crippen LogP contribution in [0.4, 0.5) is 4.39 Å². The van der Waals surface area contributed by atoms with Crippen molar-refractivity contribution in [1.82, 2.24) is 0 Å². The predicted octanol–water partition coefficient (Wildman–Crippen LogP) is 2.43. The maximum absolute atomic E-state index is 13.2. The van der Waals surface area contributed by atoms with E-state index in [0.717, 1.165) is 0 Å². The van der Waals surface area contributed by atoms with Gasteiger partial charge in [-0.25, -0.2) is 9.18 Å². The molecule has 5 heteroatoms. The van der Waals surface area contributed by atoms with E-state index in [1.807, 2.05) is 0 Å². The van der Waals surface area contributed by atoms with Gasteiger partial charge in [0.25, 0.3) is 0 Å². The van der Waals surface area contributed by atoms with Crippen LogP contribution in [0.2, 0.25) is 0 Å². The number of halogens is 1. The summed E-state index contributed by atoms with van der Waals surface area (Å²) in [5.41, 5.74) is 0.114. The molecular weight excluding hydrogens is 215 g/mol. The molecule has 0 fully saturated rings. The zero-order valence-corrected chi connectivity index (χ0v) is 9.28. The molecule has 16 heavy (non-hydrogen) atoms. The Morgan fingerprint density at radius 2 is 1.88 bits per heavy atom. The SMILES string of the molecule is COc1cc(OC)c(C(C)F)cc1C(=O)O. The molecule has 0 radical (unpaired) electrons. The van der Waals surface area contributed by atoms with Crippen LogP contribution in [0.3, 0.4) is 0 Å². The molecule has 0 heterocycles. The maximum Gasteiger partial charge on any atom is 0.339 e. The van der Waals surface area contributed by atoms with Crippen molar-refractivity contribution in [3.05, 3.63) is 23.3 Å². The lowest BCUT2D eigenvalue weighted by Crippen LogP contribution is -2.04. The van der Waals surface area contributed by atoms with E-state index in [1.54, 1.807) is 0 Å². The van der Waals surface area contributed by atoms with Gasteiger partial charge in [-0.15, -0.1) is 0 Å². The third-order valence-corrected chi connectivity index (χ3v) is 2.21. The predicted molar refractivity (Wildman–Crippen MR) is 56.0 cm³/mol. The smallest absolute Gasteiger partial charge is 0.339 e. The maximum atomic E-state index is 13.2. The van der Waals surface area contributed by atoms with Gasteiger partial charge in [-0.1, -0.05) is 0 Å². The fourth-order valence-corrected chi connectivity index (χ4v) is 1.40. The molecule has 0 aliphatic carbocycles. The van der Waals surface area contributed by atoms with E-state index in [9.17, 15) is 9.18 Å². The van der Waals surface area contributed by atoms with Crippen molar-refractivity contribution in [2.75, 3.05) is 14.2 Å². The Morgan fingerprint density at radius 3 is 2.25 bits per heavy atom. The average molecular weight is 228 g/mol. The zero-order valence-electron chi connectivity index (χ0n) is 9.28. The molecule has 0 aliphatic rings. The highest BCUT2D eigenvalue weighted by atomic mass is 19.1. The van der Waals surface area contributed by atoms with E-state index in [1.165, 1.54) is 33.3 Å². The molecule has 1 N–H and O–H groups in total. The summed E-state index contributed by atoms with van der Waals surface area (Å²) in [4.78, 5) is 10.9. The highest BCUT2D eigenvalue weighted by Crippen LogP contribution is 2.34. The molecular formula is C11H13FO4. The van der Waals surface area contributed by atoms with E-state index in [4.69, 9.17) is 14.6 Å². The van der Waals surface area contributed by atoms with Crippen LogP contribution >= 0.6 is 0 Å². The highest BCUT2D eigenvalue weighted by Gasteiger charge is 2.19. The van der Waals surface area contributed by atoms with Crippen molar-refractivity contribution in [2.24, 2.45) is 0 Å². The van der Waals surface area contributed by atoms with E-state index in [0.29, 0.717) is 0 Å². The van der Waals surface area contributed by atoms with Crippen LogP contribution in [-0.4, -0.2) is 25.3 Å². The lowest BCUT2D eigenvalue weighted by Gasteiger charge is -2.13. The summed E-state index contributed by atoms with van der Waals surface area (Å²) in [7, 11) is 2.74. The number of aromatic carboxylic acids is 1. The van der Waals surface area contributed by atoms with Gasteiger partial charge in [0.2, 0.25) is 0 Å². The van der Waals surface area contributed by atoms with Crippen molar-refractivity contribution in [3.8, 4) is 11.5 Å². The Labute approximate surface area is 92.6 Å². The molecule has 1 unspecified atom stereocenters. The summed E-state index contributed by atoms with van der Waals surface area (Å²) in [6, 6.07) is 2.60. The largest absolute Gasteiger partial charge is 0.496 e. The number of methoxy groups -OCH3 is 2. The van der Waals surface area contributed by atoms with Crippen molar-refractivity contribution in [2.45, 2.75) is 13.1 Å². The second-order valence-corrected chi connectivity index (χ2v) is 3.22. The fraction of sp³-hybridized carbons (Fsp3) is 0.364. The molecule has 0 aliphatic heterocycles. The van der Waals surface area contributed by atoms with Gasteiger partial charge < -0.3 is 14.6 Å². The number of carboxylic acids is 1. The molecule has 4 nitrogen and oxygen atoms in total. The molecule has 0 bridgehead atoms. The van der Waals surface area contributed by atoms with Gasteiger partial charge in [-0.2, -0.15) is 0 Å². The summed E-state index contributed by atoms with van der Waals surface area (Å²) in [6.07, 6.45) is -1.31. The topological polar surface area (TPSA) is 55.8 Å². The first kappa shape index (κ1) is 12.3. The van der Waals surface area contributed by atoms with Crippen molar-refractivity contribution < 1.29 is 23.8 Å². The van der Waals surface area contributed by atoms with Crippen LogP contribution in [0, 0.1) is 0 Å². The average Bonchev–Trinajstić information content (AvgIpc) is 2.26. The third kappa shape index (κ3) is 2.24. The Balaban J connectivity index is 3.40. The van der Waals surface area contributed by atoms with E-state index in [2.05, 4.69) is 0 Å². The Bertz CT molecular complexity index is 401. The molecule has 1 aromatic rings. The van der Waals surface area contributed by atoms with Crippen LogP contribution in [-0.2, 0) is 0 Å². The lowest BCUT2D eigenvalue weighted by atomic mass is 10.1. The Morgan fingerprint density at radius 1 is 1.31 bits per heavy atom. The number of carboxylic acid groups (broad SMARTS) is 1. The van der Waals surface area contributed by atoms with Gasteiger partial charge in [0.1, 0.15) is 23.2 Å². The number of ether oxygens (including phenoxy) is 2. The summed E-state index contributed by atoms with van der Waals surface area (Å²) >= 11 is 0.